The maximum absolute atomic E-state index is 12.5. The van der Waals surface area contributed by atoms with Crippen molar-refractivity contribution in [2.24, 2.45) is 5.92 Å². The van der Waals surface area contributed by atoms with Crippen molar-refractivity contribution in [3.63, 3.8) is 0 Å². The number of hydrogen-bond acceptors (Lipinski definition) is 4. The second-order valence-corrected chi connectivity index (χ2v) is 6.71. The molecule has 0 N–H and O–H groups in total. The zero-order chi connectivity index (χ0) is 13.9. The molecule has 1 aliphatic heterocycles. The van der Waals surface area contributed by atoms with Crippen LogP contribution in [0.15, 0.2) is 23.2 Å². The predicted molar refractivity (Wildman–Crippen MR) is 70.7 cm³/mol. The van der Waals surface area contributed by atoms with Gasteiger partial charge in [0.05, 0.1) is 0 Å². The lowest BCUT2D eigenvalue weighted by atomic mass is 9.97. The molecule has 0 radical (unpaired) electrons. The Morgan fingerprint density at radius 2 is 2.32 bits per heavy atom. The first kappa shape index (κ1) is 14.0. The minimum Gasteiger partial charge on any atom is -0.244 e. The third-order valence-corrected chi connectivity index (χ3v) is 5.40. The molecule has 1 saturated heterocycles. The summed E-state index contributed by atoms with van der Waals surface area (Å²) in [7, 11) is -3.47. The van der Waals surface area contributed by atoms with Crippen LogP contribution in [0.25, 0.3) is 0 Å². The topological polar surface area (TPSA) is 74.1 Å². The van der Waals surface area contributed by atoms with E-state index in [1.807, 2.05) is 6.07 Å². The molecule has 1 aromatic rings. The summed E-state index contributed by atoms with van der Waals surface area (Å²) in [4.78, 5) is 4.00. The van der Waals surface area contributed by atoms with Crippen molar-refractivity contribution < 1.29 is 8.42 Å². The second kappa shape index (κ2) is 5.68. The van der Waals surface area contributed by atoms with Gasteiger partial charge in [-0.25, -0.2) is 13.4 Å². The number of aromatic nitrogens is 1. The van der Waals surface area contributed by atoms with Gasteiger partial charge in [-0.1, -0.05) is 13.3 Å². The number of hydrogen-bond donors (Lipinski definition) is 0. The molecule has 2 rings (SSSR count). The first-order valence-electron chi connectivity index (χ1n) is 6.44. The molecule has 0 aliphatic carbocycles. The van der Waals surface area contributed by atoms with E-state index in [0.717, 1.165) is 19.3 Å². The summed E-state index contributed by atoms with van der Waals surface area (Å²) in [5.41, 5.74) is 0.226. The lowest BCUT2D eigenvalue weighted by Gasteiger charge is -2.31. The average molecular weight is 279 g/mol. The Morgan fingerprint density at radius 1 is 1.53 bits per heavy atom. The maximum atomic E-state index is 12.5. The monoisotopic (exact) mass is 279 g/mol. The SMILES string of the molecule is CCC1CCCN(S(=O)(=O)c2ccc(C#N)nc2)C1. The summed E-state index contributed by atoms with van der Waals surface area (Å²) in [6.07, 6.45) is 4.26. The summed E-state index contributed by atoms with van der Waals surface area (Å²) in [5.74, 6) is 0.440. The van der Waals surface area contributed by atoms with Crippen LogP contribution in [0.3, 0.4) is 0 Å². The average Bonchev–Trinajstić information content (AvgIpc) is 2.47. The Hall–Kier alpha value is -1.45. The summed E-state index contributed by atoms with van der Waals surface area (Å²) < 4.78 is 26.4. The van der Waals surface area contributed by atoms with Gasteiger partial charge >= 0.3 is 0 Å². The van der Waals surface area contributed by atoms with Crippen molar-refractivity contribution in [2.45, 2.75) is 31.1 Å². The van der Waals surface area contributed by atoms with Crippen LogP contribution in [-0.2, 0) is 10.0 Å². The molecule has 1 fully saturated rings. The smallest absolute Gasteiger partial charge is 0.244 e. The minimum absolute atomic E-state index is 0.170. The Morgan fingerprint density at radius 3 is 2.89 bits per heavy atom. The van der Waals surface area contributed by atoms with Gasteiger partial charge in [0, 0.05) is 19.3 Å². The van der Waals surface area contributed by atoms with Gasteiger partial charge < -0.3 is 0 Å². The quantitative estimate of drug-likeness (QED) is 0.845. The molecule has 1 atom stereocenters. The molecule has 0 saturated carbocycles. The van der Waals surface area contributed by atoms with Crippen LogP contribution in [0, 0.1) is 17.2 Å². The van der Waals surface area contributed by atoms with E-state index in [9.17, 15) is 8.42 Å². The van der Waals surface area contributed by atoms with Crippen molar-refractivity contribution in [3.8, 4) is 6.07 Å². The normalized spacial score (nSPS) is 20.9. The third kappa shape index (κ3) is 2.94. The van der Waals surface area contributed by atoms with Crippen LogP contribution in [-0.4, -0.2) is 30.8 Å². The standard InChI is InChI=1S/C13H17N3O2S/c1-2-11-4-3-7-16(10-11)19(17,18)13-6-5-12(8-14)15-9-13/h5-6,9,11H,2-4,7,10H2,1H3. The molecule has 102 valence electrons. The van der Waals surface area contributed by atoms with Gasteiger partial charge in [-0.15, -0.1) is 0 Å². The zero-order valence-electron chi connectivity index (χ0n) is 10.9. The number of pyridine rings is 1. The van der Waals surface area contributed by atoms with Crippen molar-refractivity contribution in [1.29, 1.82) is 5.26 Å². The van der Waals surface area contributed by atoms with E-state index >= 15 is 0 Å². The van der Waals surface area contributed by atoms with Crippen LogP contribution in [0.1, 0.15) is 31.9 Å². The van der Waals surface area contributed by atoms with E-state index in [1.54, 1.807) is 0 Å². The molecular formula is C13H17N3O2S. The Labute approximate surface area is 113 Å². The molecule has 19 heavy (non-hydrogen) atoms. The highest BCUT2D eigenvalue weighted by molar-refractivity contribution is 7.89. The van der Waals surface area contributed by atoms with Crippen molar-refractivity contribution in [1.82, 2.24) is 9.29 Å². The summed E-state index contributed by atoms with van der Waals surface area (Å²) in [5, 5.41) is 8.67. The van der Waals surface area contributed by atoms with Crippen molar-refractivity contribution >= 4 is 10.0 Å². The maximum Gasteiger partial charge on any atom is 0.244 e. The molecule has 1 aliphatic rings. The Bertz CT molecular complexity index is 575. The van der Waals surface area contributed by atoms with Crippen LogP contribution < -0.4 is 0 Å². The second-order valence-electron chi connectivity index (χ2n) is 4.77. The predicted octanol–water partition coefficient (Wildman–Crippen LogP) is 1.76. The largest absolute Gasteiger partial charge is 0.244 e. The van der Waals surface area contributed by atoms with Crippen molar-refractivity contribution in [2.75, 3.05) is 13.1 Å². The first-order valence-corrected chi connectivity index (χ1v) is 7.88. The van der Waals surface area contributed by atoms with E-state index in [4.69, 9.17) is 5.26 Å². The van der Waals surface area contributed by atoms with E-state index in [0.29, 0.717) is 19.0 Å². The number of nitriles is 1. The van der Waals surface area contributed by atoms with E-state index in [-0.39, 0.29) is 10.6 Å². The fourth-order valence-corrected chi connectivity index (χ4v) is 3.83. The number of nitrogens with zero attached hydrogens (tertiary/aromatic N) is 3. The molecule has 0 aromatic carbocycles. The Balaban J connectivity index is 2.23. The van der Waals surface area contributed by atoms with Gasteiger partial charge in [-0.3, -0.25) is 0 Å². The summed E-state index contributed by atoms with van der Waals surface area (Å²) in [6, 6.07) is 4.78. The highest BCUT2D eigenvalue weighted by Crippen LogP contribution is 2.24. The van der Waals surface area contributed by atoms with E-state index in [1.165, 1.54) is 22.6 Å². The lowest BCUT2D eigenvalue weighted by molar-refractivity contribution is 0.261. The first-order chi connectivity index (χ1) is 9.07. The van der Waals surface area contributed by atoms with Gasteiger partial charge in [0.15, 0.2) is 0 Å². The van der Waals surface area contributed by atoms with Crippen LogP contribution in [0.4, 0.5) is 0 Å². The van der Waals surface area contributed by atoms with Crippen LogP contribution in [0.5, 0.6) is 0 Å². The minimum atomic E-state index is -3.47. The van der Waals surface area contributed by atoms with Gasteiger partial charge in [0.25, 0.3) is 0 Å². The summed E-state index contributed by atoms with van der Waals surface area (Å²) in [6.45, 7) is 3.24. The molecule has 0 amide bonds. The molecule has 1 unspecified atom stereocenters. The number of sulfonamides is 1. The van der Waals surface area contributed by atoms with Gasteiger partial charge in [-0.2, -0.15) is 9.57 Å². The molecule has 0 bridgehead atoms. The molecular weight excluding hydrogens is 262 g/mol. The molecule has 2 heterocycles. The van der Waals surface area contributed by atoms with Gasteiger partial charge in [-0.05, 0) is 30.9 Å². The van der Waals surface area contributed by atoms with Gasteiger partial charge in [0.2, 0.25) is 10.0 Å². The third-order valence-electron chi connectivity index (χ3n) is 3.55. The molecule has 1 aromatic heterocycles. The summed E-state index contributed by atoms with van der Waals surface area (Å²) >= 11 is 0. The lowest BCUT2D eigenvalue weighted by Crippen LogP contribution is -2.39. The van der Waals surface area contributed by atoms with E-state index < -0.39 is 10.0 Å². The highest BCUT2D eigenvalue weighted by atomic mass is 32.2. The fourth-order valence-electron chi connectivity index (χ4n) is 2.33. The molecule has 5 nitrogen and oxygen atoms in total. The molecule has 0 spiro atoms. The van der Waals surface area contributed by atoms with Crippen LogP contribution in [0.2, 0.25) is 0 Å². The number of piperidine rings is 1. The highest BCUT2D eigenvalue weighted by Gasteiger charge is 2.29. The van der Waals surface area contributed by atoms with Crippen LogP contribution >= 0.6 is 0 Å². The Kier molecular flexibility index (Phi) is 4.17. The fraction of sp³-hybridized carbons (Fsp3) is 0.538. The van der Waals surface area contributed by atoms with Crippen molar-refractivity contribution in [3.05, 3.63) is 24.0 Å². The number of rotatable bonds is 3. The van der Waals surface area contributed by atoms with E-state index in [2.05, 4.69) is 11.9 Å². The molecule has 6 heteroatoms. The van der Waals surface area contributed by atoms with Gasteiger partial charge in [0.1, 0.15) is 16.7 Å². The zero-order valence-corrected chi connectivity index (χ0v) is 11.7.